The summed E-state index contributed by atoms with van der Waals surface area (Å²) in [6, 6.07) is 11.1. The molecule has 0 saturated carbocycles. The topological polar surface area (TPSA) is 52.4 Å². The Hall–Kier alpha value is -1.95. The number of para-hydroxylation sites is 1. The number of nitro groups is 1. The largest absolute Gasteiger partial charge is 0.482 e. The van der Waals surface area contributed by atoms with Crippen molar-refractivity contribution in [3.8, 4) is 5.75 Å². The van der Waals surface area contributed by atoms with Crippen molar-refractivity contribution in [1.82, 2.24) is 0 Å². The van der Waals surface area contributed by atoms with Crippen LogP contribution in [0.15, 0.2) is 46.9 Å². The molecule has 0 aliphatic rings. The minimum Gasteiger partial charge on any atom is -0.482 e. The third-order valence-electron chi connectivity index (χ3n) is 2.47. The maximum Gasteiger partial charge on any atom is 0.346 e. The normalized spacial score (nSPS) is 10.2. The monoisotopic (exact) mass is 325 g/mol. The second-order valence-electron chi connectivity index (χ2n) is 3.72. The van der Waals surface area contributed by atoms with Crippen LogP contribution < -0.4 is 4.74 Å². The van der Waals surface area contributed by atoms with E-state index < -0.39 is 16.4 Å². The Kier molecular flexibility index (Phi) is 4.11. The molecule has 0 aliphatic carbocycles. The highest BCUT2D eigenvalue weighted by molar-refractivity contribution is 9.10. The van der Waals surface area contributed by atoms with E-state index >= 15 is 0 Å². The third-order valence-corrected chi connectivity index (χ3v) is 3.25. The van der Waals surface area contributed by atoms with Gasteiger partial charge in [-0.2, -0.15) is 4.39 Å². The zero-order valence-electron chi connectivity index (χ0n) is 9.68. The van der Waals surface area contributed by atoms with E-state index in [2.05, 4.69) is 15.9 Å². The SMILES string of the molecule is O=[N+]([O-])c1c(F)cccc1OCc1ccccc1Br. The number of nitro benzene ring substituents is 1. The van der Waals surface area contributed by atoms with Gasteiger partial charge in [-0.3, -0.25) is 10.1 Å². The molecule has 0 aliphatic heterocycles. The van der Waals surface area contributed by atoms with Crippen LogP contribution in [-0.4, -0.2) is 4.92 Å². The molecule has 2 aromatic carbocycles. The van der Waals surface area contributed by atoms with Crippen molar-refractivity contribution >= 4 is 21.6 Å². The van der Waals surface area contributed by atoms with Gasteiger partial charge in [0.15, 0.2) is 0 Å². The van der Waals surface area contributed by atoms with Gasteiger partial charge in [-0.1, -0.05) is 40.2 Å². The number of benzene rings is 2. The molecule has 0 aromatic heterocycles. The summed E-state index contributed by atoms with van der Waals surface area (Å²) in [6.45, 7) is 0.117. The van der Waals surface area contributed by atoms with E-state index in [1.54, 1.807) is 0 Å². The molecule has 0 fully saturated rings. The van der Waals surface area contributed by atoms with Crippen LogP contribution in [0.4, 0.5) is 10.1 Å². The van der Waals surface area contributed by atoms with E-state index in [4.69, 9.17) is 4.74 Å². The van der Waals surface area contributed by atoms with Gasteiger partial charge in [0.25, 0.3) is 0 Å². The Labute approximate surface area is 117 Å². The van der Waals surface area contributed by atoms with Gasteiger partial charge < -0.3 is 4.74 Å². The first-order valence-electron chi connectivity index (χ1n) is 5.38. The summed E-state index contributed by atoms with van der Waals surface area (Å²) in [7, 11) is 0. The van der Waals surface area contributed by atoms with Gasteiger partial charge in [-0.05, 0) is 18.2 Å². The van der Waals surface area contributed by atoms with Crippen molar-refractivity contribution in [2.45, 2.75) is 6.61 Å². The Morgan fingerprint density at radius 3 is 2.63 bits per heavy atom. The van der Waals surface area contributed by atoms with E-state index in [1.807, 2.05) is 24.3 Å². The number of halogens is 2. The van der Waals surface area contributed by atoms with Crippen LogP contribution in [0.3, 0.4) is 0 Å². The van der Waals surface area contributed by atoms with Crippen molar-refractivity contribution in [2.24, 2.45) is 0 Å². The standard InChI is InChI=1S/C13H9BrFNO3/c14-10-5-2-1-4-9(10)8-19-12-7-3-6-11(15)13(12)16(17)18/h1-7H,8H2. The fraction of sp³-hybridized carbons (Fsp3) is 0.0769. The molecule has 0 spiro atoms. The number of nitrogens with zero attached hydrogens (tertiary/aromatic N) is 1. The molecule has 0 heterocycles. The Bertz CT molecular complexity index is 619. The summed E-state index contributed by atoms with van der Waals surface area (Å²) in [5, 5.41) is 10.8. The van der Waals surface area contributed by atoms with Crippen LogP contribution in [0, 0.1) is 15.9 Å². The quantitative estimate of drug-likeness (QED) is 0.628. The summed E-state index contributed by atoms with van der Waals surface area (Å²) in [4.78, 5) is 10.0. The summed E-state index contributed by atoms with van der Waals surface area (Å²) in [5.74, 6) is -0.990. The van der Waals surface area contributed by atoms with Crippen molar-refractivity contribution in [3.05, 3.63) is 68.4 Å². The molecule has 0 N–H and O–H groups in total. The second-order valence-corrected chi connectivity index (χ2v) is 4.58. The highest BCUT2D eigenvalue weighted by Crippen LogP contribution is 2.30. The highest BCUT2D eigenvalue weighted by Gasteiger charge is 2.21. The van der Waals surface area contributed by atoms with Gasteiger partial charge in [-0.15, -0.1) is 0 Å². The fourth-order valence-electron chi connectivity index (χ4n) is 1.56. The molecule has 4 nitrogen and oxygen atoms in total. The van der Waals surface area contributed by atoms with Gasteiger partial charge in [-0.25, -0.2) is 0 Å². The van der Waals surface area contributed by atoms with E-state index in [-0.39, 0.29) is 12.4 Å². The first kappa shape index (κ1) is 13.5. The average Bonchev–Trinajstić information content (AvgIpc) is 2.37. The van der Waals surface area contributed by atoms with E-state index in [9.17, 15) is 14.5 Å². The maximum absolute atomic E-state index is 13.4. The third kappa shape index (κ3) is 3.08. The van der Waals surface area contributed by atoms with Crippen LogP contribution in [0.5, 0.6) is 5.75 Å². The van der Waals surface area contributed by atoms with E-state index in [1.165, 1.54) is 12.1 Å². The lowest BCUT2D eigenvalue weighted by atomic mass is 10.2. The number of hydrogen-bond donors (Lipinski definition) is 0. The molecule has 0 saturated heterocycles. The van der Waals surface area contributed by atoms with Crippen LogP contribution in [0.1, 0.15) is 5.56 Å². The Morgan fingerprint density at radius 2 is 1.95 bits per heavy atom. The second kappa shape index (κ2) is 5.79. The molecular formula is C13H9BrFNO3. The molecule has 6 heteroatoms. The maximum atomic E-state index is 13.4. The first-order chi connectivity index (χ1) is 9.09. The van der Waals surface area contributed by atoms with Crippen molar-refractivity contribution < 1.29 is 14.1 Å². The molecule has 0 amide bonds. The van der Waals surface area contributed by atoms with Crippen LogP contribution in [0.2, 0.25) is 0 Å². The summed E-state index contributed by atoms with van der Waals surface area (Å²) >= 11 is 3.34. The Morgan fingerprint density at radius 1 is 1.21 bits per heavy atom. The van der Waals surface area contributed by atoms with Crippen molar-refractivity contribution in [1.29, 1.82) is 0 Å². The van der Waals surface area contributed by atoms with Crippen molar-refractivity contribution in [2.75, 3.05) is 0 Å². The van der Waals surface area contributed by atoms with Crippen LogP contribution >= 0.6 is 15.9 Å². The highest BCUT2D eigenvalue weighted by atomic mass is 79.9. The number of rotatable bonds is 4. The lowest BCUT2D eigenvalue weighted by molar-refractivity contribution is -0.388. The summed E-state index contributed by atoms with van der Waals surface area (Å²) in [6.07, 6.45) is 0. The smallest absolute Gasteiger partial charge is 0.346 e. The molecule has 19 heavy (non-hydrogen) atoms. The zero-order chi connectivity index (χ0) is 13.8. The number of ether oxygens (including phenoxy) is 1. The lowest BCUT2D eigenvalue weighted by Gasteiger charge is -2.08. The predicted molar refractivity (Wildman–Crippen MR) is 71.5 cm³/mol. The fourth-order valence-corrected chi connectivity index (χ4v) is 1.96. The minimum absolute atomic E-state index is 0.0826. The van der Waals surface area contributed by atoms with Crippen LogP contribution in [-0.2, 0) is 6.61 Å². The summed E-state index contributed by atoms with van der Waals surface area (Å²) < 4.78 is 19.5. The van der Waals surface area contributed by atoms with Gasteiger partial charge in [0.05, 0.1) is 4.92 Å². The molecule has 2 rings (SSSR count). The van der Waals surface area contributed by atoms with Crippen LogP contribution in [0.25, 0.3) is 0 Å². The Balaban J connectivity index is 2.23. The van der Waals surface area contributed by atoms with Gasteiger partial charge >= 0.3 is 5.69 Å². The van der Waals surface area contributed by atoms with Gasteiger partial charge in [0.1, 0.15) is 6.61 Å². The van der Waals surface area contributed by atoms with Crippen molar-refractivity contribution in [3.63, 3.8) is 0 Å². The minimum atomic E-state index is -0.908. The molecule has 98 valence electrons. The first-order valence-corrected chi connectivity index (χ1v) is 6.18. The molecular weight excluding hydrogens is 317 g/mol. The average molecular weight is 326 g/mol. The predicted octanol–water partition coefficient (Wildman–Crippen LogP) is 4.08. The lowest BCUT2D eigenvalue weighted by Crippen LogP contribution is -2.01. The van der Waals surface area contributed by atoms with E-state index in [0.29, 0.717) is 0 Å². The molecule has 2 aromatic rings. The molecule has 0 atom stereocenters. The molecule has 0 unspecified atom stereocenters. The summed E-state index contributed by atoms with van der Waals surface area (Å²) in [5.41, 5.74) is 0.176. The molecule has 0 radical (unpaired) electrons. The molecule has 0 bridgehead atoms. The number of hydrogen-bond acceptors (Lipinski definition) is 3. The van der Waals surface area contributed by atoms with Gasteiger partial charge in [0.2, 0.25) is 11.6 Å². The van der Waals surface area contributed by atoms with Gasteiger partial charge in [0, 0.05) is 10.0 Å². The zero-order valence-corrected chi connectivity index (χ0v) is 11.3. The van der Waals surface area contributed by atoms with E-state index in [0.717, 1.165) is 16.1 Å².